The minimum Gasteiger partial charge on any atom is -0.493 e. The summed E-state index contributed by atoms with van der Waals surface area (Å²) in [5, 5.41) is 0. The van der Waals surface area contributed by atoms with E-state index in [9.17, 15) is 13.2 Å². The van der Waals surface area contributed by atoms with Gasteiger partial charge in [0, 0.05) is 12.0 Å². The van der Waals surface area contributed by atoms with E-state index in [2.05, 4.69) is 14.5 Å². The van der Waals surface area contributed by atoms with Crippen LogP contribution in [0, 0.1) is 0 Å². The number of rotatable bonds is 10. The monoisotopic (exact) mass is 531 g/mol. The Kier molecular flexibility index (Phi) is 8.58. The number of H-pyrrole nitrogens is 1. The van der Waals surface area contributed by atoms with Gasteiger partial charge in [0.15, 0.2) is 0 Å². The van der Waals surface area contributed by atoms with Crippen molar-refractivity contribution < 1.29 is 32.2 Å². The number of alkyl halides is 3. The van der Waals surface area contributed by atoms with Crippen LogP contribution in [-0.2, 0) is 17.1 Å². The molecule has 0 aliphatic rings. The van der Waals surface area contributed by atoms with Crippen LogP contribution in [0.25, 0.3) is 22.4 Å². The van der Waals surface area contributed by atoms with E-state index in [1.54, 1.807) is 0 Å². The van der Waals surface area contributed by atoms with E-state index in [4.69, 9.17) is 20.3 Å². The van der Waals surface area contributed by atoms with E-state index in [0.717, 1.165) is 22.8 Å². The van der Waals surface area contributed by atoms with Crippen LogP contribution in [0.4, 0.5) is 13.2 Å². The number of hydrogen-bond donors (Lipinski definition) is 4. The van der Waals surface area contributed by atoms with E-state index >= 15 is 0 Å². The molecule has 1 atom stereocenters. The highest BCUT2D eigenvalue weighted by Crippen LogP contribution is 2.39. The van der Waals surface area contributed by atoms with E-state index < -0.39 is 26.4 Å². The molecule has 0 radical (unpaired) electrons. The van der Waals surface area contributed by atoms with Crippen molar-refractivity contribution in [2.45, 2.75) is 18.6 Å². The molecule has 0 saturated heterocycles. The fraction of sp³-hybridized carbons (Fsp3) is 0.192. The van der Waals surface area contributed by atoms with Crippen molar-refractivity contribution in [1.82, 2.24) is 9.97 Å². The molecule has 0 spiro atoms. The molecule has 1 aromatic heterocycles. The summed E-state index contributed by atoms with van der Waals surface area (Å²) in [6.07, 6.45) is -2.83. The third kappa shape index (κ3) is 7.15. The Morgan fingerprint density at radius 2 is 1.62 bits per heavy atom. The van der Waals surface area contributed by atoms with Gasteiger partial charge in [-0.05, 0) is 34.9 Å². The maximum atomic E-state index is 13.8. The molecule has 7 nitrogen and oxygen atoms in total. The smallest absolute Gasteiger partial charge is 0.419 e. The van der Waals surface area contributed by atoms with E-state index in [0.29, 0.717) is 12.1 Å². The molecule has 1 unspecified atom stereocenters. The molecule has 5 N–H and O–H groups in total. The summed E-state index contributed by atoms with van der Waals surface area (Å²) in [4.78, 5) is 24.6. The summed E-state index contributed by atoms with van der Waals surface area (Å²) >= 11 is 0. The molecule has 11 heteroatoms. The van der Waals surface area contributed by atoms with Crippen LogP contribution in [0.2, 0.25) is 0 Å². The van der Waals surface area contributed by atoms with Crippen LogP contribution in [0.3, 0.4) is 0 Å². The standard InChI is InChI=1S/C26H25F3N3O4P/c27-26(28,29)21-14-20(23-15-31-25(32-23)22(30)16-36-37(33)34)10-11-24(21)35-13-12-17-6-8-19(9-7-17)18-4-2-1-3-5-18/h1-11,14-15,22,33-34H,12-13,16,30H2,(H,31,32). The minimum absolute atomic E-state index is 0.0778. The molecule has 4 rings (SSSR count). The predicted octanol–water partition coefficient (Wildman–Crippen LogP) is 5.61. The highest BCUT2D eigenvalue weighted by atomic mass is 31.2. The van der Waals surface area contributed by atoms with Crippen molar-refractivity contribution in [2.75, 3.05) is 13.2 Å². The average molecular weight is 531 g/mol. The number of benzene rings is 3. The second-order valence-corrected chi connectivity index (χ2v) is 8.97. The molecule has 0 bridgehead atoms. The van der Waals surface area contributed by atoms with Gasteiger partial charge in [0.05, 0.1) is 36.7 Å². The lowest BCUT2D eigenvalue weighted by Gasteiger charge is -2.15. The molecular weight excluding hydrogens is 506 g/mol. The van der Waals surface area contributed by atoms with Crippen LogP contribution in [0.5, 0.6) is 5.75 Å². The zero-order valence-corrected chi connectivity index (χ0v) is 20.4. The molecule has 4 aromatic rings. The average Bonchev–Trinajstić information content (AvgIpc) is 3.38. The number of nitrogens with one attached hydrogen (secondary N) is 1. The molecule has 3 aromatic carbocycles. The van der Waals surface area contributed by atoms with Crippen LogP contribution in [-0.4, -0.2) is 33.0 Å². The molecule has 37 heavy (non-hydrogen) atoms. The van der Waals surface area contributed by atoms with Gasteiger partial charge in [-0.3, -0.25) is 0 Å². The topological polar surface area (TPSA) is 114 Å². The number of ether oxygens (including phenoxy) is 1. The highest BCUT2D eigenvalue weighted by Gasteiger charge is 2.35. The SMILES string of the molecule is NC(COP(O)O)c1ncc(-c2ccc(OCCc3ccc(-c4ccccc4)cc3)c(C(F)(F)F)c2)[nH]1. The largest absolute Gasteiger partial charge is 0.493 e. The van der Waals surface area contributed by atoms with Gasteiger partial charge in [0.2, 0.25) is 0 Å². The van der Waals surface area contributed by atoms with Gasteiger partial charge >= 0.3 is 14.8 Å². The molecular formula is C26H25F3N3O4P. The Morgan fingerprint density at radius 3 is 2.30 bits per heavy atom. The molecule has 0 aliphatic carbocycles. The lowest BCUT2D eigenvalue weighted by molar-refractivity contribution is -0.138. The Morgan fingerprint density at radius 1 is 0.946 bits per heavy atom. The first-order chi connectivity index (χ1) is 17.7. The fourth-order valence-corrected chi connectivity index (χ4v) is 4.01. The van der Waals surface area contributed by atoms with Gasteiger partial charge in [-0.25, -0.2) is 4.98 Å². The number of hydrogen-bond acceptors (Lipinski definition) is 6. The van der Waals surface area contributed by atoms with Gasteiger partial charge < -0.3 is 29.8 Å². The first-order valence-corrected chi connectivity index (χ1v) is 12.5. The second kappa shape index (κ2) is 11.9. The minimum atomic E-state index is -4.63. The maximum absolute atomic E-state index is 13.8. The number of imidazole rings is 1. The highest BCUT2D eigenvalue weighted by molar-refractivity contribution is 7.39. The van der Waals surface area contributed by atoms with E-state index in [1.165, 1.54) is 18.3 Å². The fourth-order valence-electron chi connectivity index (χ4n) is 3.72. The van der Waals surface area contributed by atoms with Gasteiger partial charge in [0.1, 0.15) is 11.6 Å². The van der Waals surface area contributed by atoms with Gasteiger partial charge in [-0.15, -0.1) is 0 Å². The van der Waals surface area contributed by atoms with Crippen LogP contribution in [0.1, 0.15) is 23.0 Å². The Bertz CT molecular complexity index is 1300. The van der Waals surface area contributed by atoms with E-state index in [-0.39, 0.29) is 30.4 Å². The van der Waals surface area contributed by atoms with Gasteiger partial charge in [0.25, 0.3) is 0 Å². The zero-order chi connectivity index (χ0) is 26.4. The normalized spacial score (nSPS) is 12.6. The van der Waals surface area contributed by atoms with Crippen molar-refractivity contribution in [3.8, 4) is 28.1 Å². The number of aromatic nitrogens is 2. The molecule has 194 valence electrons. The summed E-state index contributed by atoms with van der Waals surface area (Å²) in [7, 11) is -2.57. The Hall–Kier alpha value is -3.27. The second-order valence-electron chi connectivity index (χ2n) is 8.21. The number of nitrogens with two attached hydrogens (primary N) is 1. The quantitative estimate of drug-likeness (QED) is 0.198. The summed E-state index contributed by atoms with van der Waals surface area (Å²) in [6.45, 7) is -0.143. The third-order valence-electron chi connectivity index (χ3n) is 5.62. The summed E-state index contributed by atoms with van der Waals surface area (Å²) in [5.41, 5.74) is 8.62. The van der Waals surface area contributed by atoms with Gasteiger partial charge in [-0.1, -0.05) is 54.6 Å². The molecule has 1 heterocycles. The third-order valence-corrected chi connectivity index (χ3v) is 6.00. The van der Waals surface area contributed by atoms with Crippen molar-refractivity contribution in [3.05, 3.63) is 95.9 Å². The van der Waals surface area contributed by atoms with Crippen molar-refractivity contribution in [3.63, 3.8) is 0 Å². The summed E-state index contributed by atoms with van der Waals surface area (Å²) in [5.74, 6) is -0.0275. The molecule has 0 aliphatic heterocycles. The van der Waals surface area contributed by atoms with Crippen LogP contribution >= 0.6 is 8.60 Å². The molecule has 0 fully saturated rings. The molecule has 0 saturated carbocycles. The Balaban J connectivity index is 1.43. The summed E-state index contributed by atoms with van der Waals surface area (Å²) < 4.78 is 51.7. The first-order valence-electron chi connectivity index (χ1n) is 11.3. The van der Waals surface area contributed by atoms with E-state index in [1.807, 2.05) is 54.6 Å². The number of nitrogens with zero attached hydrogens (tertiary/aromatic N) is 1. The number of halogens is 3. The first kappa shape index (κ1) is 26.8. The lowest BCUT2D eigenvalue weighted by atomic mass is 10.0. The maximum Gasteiger partial charge on any atom is 0.419 e. The predicted molar refractivity (Wildman–Crippen MR) is 134 cm³/mol. The summed E-state index contributed by atoms with van der Waals surface area (Å²) in [6, 6.07) is 20.7. The zero-order valence-electron chi connectivity index (χ0n) is 19.5. The lowest BCUT2D eigenvalue weighted by Crippen LogP contribution is -2.17. The van der Waals surface area contributed by atoms with Crippen LogP contribution in [0.15, 0.2) is 79.0 Å². The van der Waals surface area contributed by atoms with Crippen molar-refractivity contribution in [1.29, 1.82) is 0 Å². The Labute approximate surface area is 212 Å². The van der Waals surface area contributed by atoms with Crippen LogP contribution < -0.4 is 10.5 Å². The number of aromatic amines is 1. The molecule has 0 amide bonds. The van der Waals surface area contributed by atoms with Gasteiger partial charge in [-0.2, -0.15) is 13.2 Å². The van der Waals surface area contributed by atoms with Crippen molar-refractivity contribution >= 4 is 8.60 Å². The van der Waals surface area contributed by atoms with Crippen molar-refractivity contribution in [2.24, 2.45) is 5.73 Å².